The highest BCUT2D eigenvalue weighted by atomic mass is 16.5. The first-order chi connectivity index (χ1) is 27.3. The summed E-state index contributed by atoms with van der Waals surface area (Å²) in [7, 11) is 0. The summed E-state index contributed by atoms with van der Waals surface area (Å²) in [6.45, 7) is 18.4. The Morgan fingerprint density at radius 1 is 0.509 bits per heavy atom. The van der Waals surface area contributed by atoms with Gasteiger partial charge in [0.15, 0.2) is 0 Å². The highest BCUT2D eigenvalue weighted by molar-refractivity contribution is 6.91. The molecule has 0 unspecified atom stereocenters. The van der Waals surface area contributed by atoms with Crippen molar-refractivity contribution in [2.45, 2.75) is 71.6 Å². The normalized spacial score (nSPS) is 14.8. The Hall–Kier alpha value is -6.00. The minimum atomic E-state index is -0.196. The molecule has 7 aromatic carbocycles. The number of ether oxygens (including phenoxy) is 1. The highest BCUT2D eigenvalue weighted by Gasteiger charge is 2.45. The van der Waals surface area contributed by atoms with Crippen LogP contribution in [0.25, 0.3) is 22.3 Å². The van der Waals surface area contributed by atoms with Crippen LogP contribution >= 0.6 is 0 Å². The fourth-order valence-electron chi connectivity index (χ4n) is 9.38. The van der Waals surface area contributed by atoms with E-state index in [1.165, 1.54) is 78.2 Å². The summed E-state index contributed by atoms with van der Waals surface area (Å²) in [6.07, 6.45) is 0. The molecule has 0 bridgehead atoms. The van der Waals surface area contributed by atoms with Gasteiger partial charge < -0.3 is 14.4 Å². The lowest BCUT2D eigenvalue weighted by molar-refractivity contribution is 0.418. The first kappa shape index (κ1) is 35.4. The SMILES string of the molecule is CC(C)(C)c1ccc2c(c1)N(c1ccccc1)c1cc(C(C)(C)C)cc3c1N2B(c1ccc2c(c1)Oc1ccccc1C2(C)C)c1ccc(-c2ccccc2)cc1-3. The molecule has 0 saturated heterocycles. The van der Waals surface area contributed by atoms with E-state index < -0.39 is 0 Å². The van der Waals surface area contributed by atoms with Crippen molar-refractivity contribution in [1.82, 2.24) is 0 Å². The molecule has 0 fully saturated rings. The fraction of sp³-hybridized carbons (Fsp3) is 0.208. The second-order valence-electron chi connectivity index (χ2n) is 18.7. The maximum Gasteiger partial charge on any atom is 0.329 e. The molecular weight excluding hydrogens is 691 g/mol. The number of hydrogen-bond acceptors (Lipinski definition) is 3. The zero-order valence-electron chi connectivity index (χ0n) is 34.3. The molecule has 0 aliphatic carbocycles. The van der Waals surface area contributed by atoms with Crippen LogP contribution in [-0.2, 0) is 16.2 Å². The molecule has 0 aromatic heterocycles. The van der Waals surface area contributed by atoms with E-state index in [2.05, 4.69) is 217 Å². The van der Waals surface area contributed by atoms with Gasteiger partial charge in [-0.3, -0.25) is 0 Å². The first-order valence-corrected chi connectivity index (χ1v) is 20.4. The number of benzene rings is 7. The number of anilines is 5. The van der Waals surface area contributed by atoms with Crippen LogP contribution in [0.2, 0.25) is 0 Å². The average Bonchev–Trinajstić information content (AvgIpc) is 3.20. The van der Waals surface area contributed by atoms with E-state index in [0.29, 0.717) is 0 Å². The fourth-order valence-corrected chi connectivity index (χ4v) is 9.38. The van der Waals surface area contributed by atoms with E-state index >= 15 is 0 Å². The highest BCUT2D eigenvalue weighted by Crippen LogP contribution is 2.58. The van der Waals surface area contributed by atoms with E-state index in [9.17, 15) is 0 Å². The van der Waals surface area contributed by atoms with E-state index in [1.54, 1.807) is 0 Å². The third kappa shape index (κ3) is 5.56. The van der Waals surface area contributed by atoms with Gasteiger partial charge in [0, 0.05) is 27.8 Å². The summed E-state index contributed by atoms with van der Waals surface area (Å²) in [6, 6.07) is 56.5. The van der Waals surface area contributed by atoms with Gasteiger partial charge in [-0.2, -0.15) is 0 Å². The smallest absolute Gasteiger partial charge is 0.329 e. The predicted molar refractivity (Wildman–Crippen MR) is 242 cm³/mol. The number of hydrogen-bond donors (Lipinski definition) is 0. The Balaban J connectivity index is 1.30. The quantitative estimate of drug-likeness (QED) is 0.168. The van der Waals surface area contributed by atoms with Crippen LogP contribution in [0.15, 0.2) is 152 Å². The second-order valence-corrected chi connectivity index (χ2v) is 18.7. The number of para-hydroxylation sites is 2. The van der Waals surface area contributed by atoms with Crippen molar-refractivity contribution < 1.29 is 4.74 Å². The number of nitrogens with zero attached hydrogens (tertiary/aromatic N) is 2. The molecule has 0 amide bonds. The summed E-state index contributed by atoms with van der Waals surface area (Å²) in [5, 5.41) is 0. The van der Waals surface area contributed by atoms with Gasteiger partial charge in [0.2, 0.25) is 0 Å². The van der Waals surface area contributed by atoms with Gasteiger partial charge in [-0.25, -0.2) is 0 Å². The van der Waals surface area contributed by atoms with Crippen molar-refractivity contribution in [3.63, 3.8) is 0 Å². The molecule has 10 rings (SSSR count). The van der Waals surface area contributed by atoms with Gasteiger partial charge in [-0.05, 0) is 104 Å². The van der Waals surface area contributed by atoms with Gasteiger partial charge in [0.25, 0.3) is 0 Å². The molecule has 3 aliphatic heterocycles. The zero-order chi connectivity index (χ0) is 39.4. The monoisotopic (exact) mass is 740 g/mol. The second kappa shape index (κ2) is 12.5. The van der Waals surface area contributed by atoms with E-state index in [0.717, 1.165) is 17.2 Å². The van der Waals surface area contributed by atoms with Crippen molar-refractivity contribution in [3.05, 3.63) is 174 Å². The van der Waals surface area contributed by atoms with Crippen molar-refractivity contribution in [2.75, 3.05) is 9.71 Å². The maximum atomic E-state index is 6.81. The third-order valence-electron chi connectivity index (χ3n) is 12.6. The van der Waals surface area contributed by atoms with Crippen LogP contribution in [0, 0.1) is 0 Å². The standard InChI is InChI=1S/C53H49BN2O/c1-51(2,3)36-24-28-45-46(31-36)55(39-19-13-10-14-20-39)47-32-37(52(4,5)6)30-41-40-29-35(34-17-11-9-12-18-34)23-27-44(40)54(56(45)50(41)47)38-25-26-43-49(33-38)57-48-22-16-15-21-42(48)53(43,7)8/h9-33H,1-8H3. The Morgan fingerprint density at radius 3 is 1.91 bits per heavy atom. The van der Waals surface area contributed by atoms with Crippen LogP contribution in [0.1, 0.15) is 77.6 Å². The van der Waals surface area contributed by atoms with Gasteiger partial charge in [0.1, 0.15) is 11.5 Å². The van der Waals surface area contributed by atoms with Gasteiger partial charge in [-0.1, -0.05) is 152 Å². The van der Waals surface area contributed by atoms with Crippen LogP contribution < -0.4 is 25.4 Å². The minimum absolute atomic E-state index is 0.0310. The molecule has 0 spiro atoms. The largest absolute Gasteiger partial charge is 0.457 e. The lowest BCUT2D eigenvalue weighted by Gasteiger charge is -2.48. The molecule has 0 N–H and O–H groups in total. The molecule has 3 aliphatic rings. The summed E-state index contributed by atoms with van der Waals surface area (Å²) < 4.78 is 6.81. The number of fused-ring (bicyclic) bond motifs is 6. The van der Waals surface area contributed by atoms with E-state index in [1.807, 2.05) is 0 Å². The molecule has 3 nitrogen and oxygen atoms in total. The Kier molecular flexibility index (Phi) is 7.77. The van der Waals surface area contributed by atoms with Crippen LogP contribution in [-0.4, -0.2) is 6.85 Å². The molecule has 57 heavy (non-hydrogen) atoms. The topological polar surface area (TPSA) is 15.7 Å². The van der Waals surface area contributed by atoms with Crippen LogP contribution in [0.4, 0.5) is 28.4 Å². The van der Waals surface area contributed by atoms with E-state index in [4.69, 9.17) is 4.74 Å². The summed E-state index contributed by atoms with van der Waals surface area (Å²) >= 11 is 0. The Labute approximate surface area is 338 Å². The van der Waals surface area contributed by atoms with Gasteiger partial charge in [-0.15, -0.1) is 0 Å². The molecule has 0 atom stereocenters. The maximum absolute atomic E-state index is 6.81. The van der Waals surface area contributed by atoms with Crippen molar-refractivity contribution in [3.8, 4) is 33.8 Å². The van der Waals surface area contributed by atoms with Crippen molar-refractivity contribution in [1.29, 1.82) is 0 Å². The molecule has 3 heterocycles. The minimum Gasteiger partial charge on any atom is -0.457 e. The zero-order valence-corrected chi connectivity index (χ0v) is 34.3. The first-order valence-electron chi connectivity index (χ1n) is 20.4. The molecule has 280 valence electrons. The number of rotatable bonds is 3. The van der Waals surface area contributed by atoms with Crippen molar-refractivity contribution in [2.24, 2.45) is 0 Å². The average molecular weight is 741 g/mol. The summed E-state index contributed by atoms with van der Waals surface area (Å²) in [5.41, 5.74) is 18.2. The predicted octanol–water partition coefficient (Wildman–Crippen LogP) is 13.1. The van der Waals surface area contributed by atoms with Crippen LogP contribution in [0.5, 0.6) is 11.5 Å². The molecule has 0 radical (unpaired) electrons. The summed E-state index contributed by atoms with van der Waals surface area (Å²) in [4.78, 5) is 5.17. The van der Waals surface area contributed by atoms with E-state index in [-0.39, 0.29) is 23.1 Å². The Morgan fingerprint density at radius 2 is 1.18 bits per heavy atom. The van der Waals surface area contributed by atoms with Gasteiger partial charge in [0.05, 0.1) is 22.7 Å². The van der Waals surface area contributed by atoms with Crippen molar-refractivity contribution >= 4 is 46.2 Å². The molecule has 7 aromatic rings. The molecule has 0 saturated carbocycles. The molecule has 4 heteroatoms. The Bertz CT molecular complexity index is 2720. The third-order valence-corrected chi connectivity index (χ3v) is 12.6. The lowest BCUT2D eigenvalue weighted by atomic mass is 9.45. The molecular formula is C53H49BN2O. The lowest BCUT2D eigenvalue weighted by Crippen LogP contribution is -2.58. The summed E-state index contributed by atoms with van der Waals surface area (Å²) in [5.74, 6) is 1.86. The van der Waals surface area contributed by atoms with Gasteiger partial charge >= 0.3 is 6.85 Å². The van der Waals surface area contributed by atoms with Crippen LogP contribution in [0.3, 0.4) is 0 Å².